The van der Waals surface area contributed by atoms with Crippen LogP contribution in [0.4, 0.5) is 5.82 Å². The third kappa shape index (κ3) is 4.44. The van der Waals surface area contributed by atoms with E-state index >= 15 is 0 Å². The largest absolute Gasteiger partial charge is 0.330 e. The first kappa shape index (κ1) is 12.7. The number of nitrogens with two attached hydrogens (primary N) is 1. The Hall–Kier alpha value is -1.36. The predicted molar refractivity (Wildman–Crippen MR) is 64.0 cm³/mol. The van der Waals surface area contributed by atoms with E-state index < -0.39 is 0 Å². The van der Waals surface area contributed by atoms with E-state index in [1.165, 1.54) is 0 Å². The minimum Gasteiger partial charge on any atom is -0.330 e. The maximum absolute atomic E-state index is 11.5. The molecule has 0 saturated heterocycles. The average molecular weight is 224 g/mol. The molecule has 0 spiro atoms. The fourth-order valence-electron chi connectivity index (χ4n) is 1.49. The lowest BCUT2D eigenvalue weighted by Gasteiger charge is -2.04. The van der Waals surface area contributed by atoms with Crippen LogP contribution in [0.25, 0.3) is 0 Å². The van der Waals surface area contributed by atoms with E-state index in [2.05, 4.69) is 10.4 Å². The summed E-state index contributed by atoms with van der Waals surface area (Å²) >= 11 is 0. The van der Waals surface area contributed by atoms with Gasteiger partial charge in [0, 0.05) is 19.5 Å². The minimum atomic E-state index is 0.0522. The van der Waals surface area contributed by atoms with E-state index in [0.29, 0.717) is 6.42 Å². The van der Waals surface area contributed by atoms with Crippen molar-refractivity contribution in [3.8, 4) is 0 Å². The lowest BCUT2D eigenvalue weighted by atomic mass is 10.1. The molecule has 1 heterocycles. The molecule has 0 bridgehead atoms. The highest BCUT2D eigenvalue weighted by atomic mass is 16.1. The van der Waals surface area contributed by atoms with Gasteiger partial charge in [-0.3, -0.25) is 9.48 Å². The molecule has 1 aromatic heterocycles. The molecule has 0 atom stereocenters. The van der Waals surface area contributed by atoms with Gasteiger partial charge in [0.2, 0.25) is 5.91 Å². The van der Waals surface area contributed by atoms with Gasteiger partial charge in [-0.1, -0.05) is 12.8 Å². The van der Waals surface area contributed by atoms with Crippen LogP contribution in [0.1, 0.15) is 32.1 Å². The molecule has 0 aliphatic heterocycles. The van der Waals surface area contributed by atoms with Crippen molar-refractivity contribution in [2.24, 2.45) is 12.8 Å². The molecular weight excluding hydrogens is 204 g/mol. The van der Waals surface area contributed by atoms with Crippen molar-refractivity contribution in [1.82, 2.24) is 9.78 Å². The van der Waals surface area contributed by atoms with E-state index in [4.69, 9.17) is 5.73 Å². The maximum atomic E-state index is 11.5. The first-order valence-corrected chi connectivity index (χ1v) is 5.72. The average Bonchev–Trinajstić information content (AvgIpc) is 2.64. The summed E-state index contributed by atoms with van der Waals surface area (Å²) in [5.41, 5.74) is 5.39. The minimum absolute atomic E-state index is 0.0522. The van der Waals surface area contributed by atoms with Gasteiger partial charge in [-0.15, -0.1) is 0 Å². The molecule has 1 aromatic rings. The summed E-state index contributed by atoms with van der Waals surface area (Å²) in [5.74, 6) is 0.795. The van der Waals surface area contributed by atoms with Gasteiger partial charge in [0.25, 0.3) is 0 Å². The first-order valence-electron chi connectivity index (χ1n) is 5.72. The van der Waals surface area contributed by atoms with Crippen molar-refractivity contribution >= 4 is 11.7 Å². The van der Waals surface area contributed by atoms with Crippen molar-refractivity contribution in [3.63, 3.8) is 0 Å². The Morgan fingerprint density at radius 2 is 2.19 bits per heavy atom. The summed E-state index contributed by atoms with van der Waals surface area (Å²) in [4.78, 5) is 11.5. The van der Waals surface area contributed by atoms with Crippen molar-refractivity contribution in [2.45, 2.75) is 32.1 Å². The molecule has 5 nitrogen and oxygen atoms in total. The zero-order chi connectivity index (χ0) is 11.8. The van der Waals surface area contributed by atoms with Gasteiger partial charge in [0.15, 0.2) is 0 Å². The molecule has 0 saturated carbocycles. The van der Waals surface area contributed by atoms with Crippen LogP contribution in [0, 0.1) is 0 Å². The molecule has 0 aliphatic carbocycles. The number of anilines is 1. The second kappa shape index (κ2) is 7.00. The smallest absolute Gasteiger partial charge is 0.225 e. The van der Waals surface area contributed by atoms with E-state index in [1.54, 1.807) is 24.0 Å². The van der Waals surface area contributed by atoms with Gasteiger partial charge in [-0.25, -0.2) is 0 Å². The number of nitrogens with one attached hydrogen (secondary N) is 1. The lowest BCUT2D eigenvalue weighted by Crippen LogP contribution is -2.13. The third-order valence-electron chi connectivity index (χ3n) is 2.45. The van der Waals surface area contributed by atoms with Gasteiger partial charge >= 0.3 is 0 Å². The monoisotopic (exact) mass is 224 g/mol. The van der Waals surface area contributed by atoms with Crippen molar-refractivity contribution in [1.29, 1.82) is 0 Å². The topological polar surface area (TPSA) is 72.9 Å². The van der Waals surface area contributed by atoms with Crippen LogP contribution in [0.15, 0.2) is 12.3 Å². The predicted octanol–water partition coefficient (Wildman–Crippen LogP) is 1.27. The zero-order valence-electron chi connectivity index (χ0n) is 9.78. The summed E-state index contributed by atoms with van der Waals surface area (Å²) in [6.45, 7) is 0.737. The Balaban J connectivity index is 2.14. The maximum Gasteiger partial charge on any atom is 0.225 e. The number of unbranched alkanes of at least 4 members (excludes halogenated alkanes) is 3. The molecule has 90 valence electrons. The van der Waals surface area contributed by atoms with Gasteiger partial charge in [0.1, 0.15) is 5.82 Å². The molecule has 0 fully saturated rings. The van der Waals surface area contributed by atoms with Crippen molar-refractivity contribution < 1.29 is 4.79 Å². The van der Waals surface area contributed by atoms with Gasteiger partial charge in [-0.05, 0) is 19.4 Å². The Bertz CT molecular complexity index is 322. The summed E-state index contributed by atoms with van der Waals surface area (Å²) in [7, 11) is 1.80. The Labute approximate surface area is 96.0 Å². The SMILES string of the molecule is Cn1nccc1NC(=O)CCCCCCN. The molecule has 1 amide bonds. The van der Waals surface area contributed by atoms with Crippen LogP contribution < -0.4 is 11.1 Å². The van der Waals surface area contributed by atoms with E-state index in [1.807, 2.05) is 0 Å². The molecule has 0 aromatic carbocycles. The van der Waals surface area contributed by atoms with E-state index in [0.717, 1.165) is 38.0 Å². The number of aryl methyl sites for hydroxylation is 1. The van der Waals surface area contributed by atoms with Gasteiger partial charge < -0.3 is 11.1 Å². The summed E-state index contributed by atoms with van der Waals surface area (Å²) in [5, 5.41) is 6.80. The van der Waals surface area contributed by atoms with E-state index in [-0.39, 0.29) is 5.91 Å². The third-order valence-corrected chi connectivity index (χ3v) is 2.45. The number of carbonyl (C=O) groups excluding carboxylic acids is 1. The summed E-state index contributed by atoms with van der Waals surface area (Å²) in [6, 6.07) is 1.78. The fraction of sp³-hybridized carbons (Fsp3) is 0.636. The highest BCUT2D eigenvalue weighted by Gasteiger charge is 2.04. The second-order valence-electron chi connectivity index (χ2n) is 3.84. The van der Waals surface area contributed by atoms with Crippen LogP contribution in [0.2, 0.25) is 0 Å². The first-order chi connectivity index (χ1) is 7.74. The molecule has 3 N–H and O–H groups in total. The Morgan fingerprint density at radius 3 is 2.81 bits per heavy atom. The van der Waals surface area contributed by atoms with Crippen molar-refractivity contribution in [2.75, 3.05) is 11.9 Å². The van der Waals surface area contributed by atoms with Crippen LogP contribution in [0.3, 0.4) is 0 Å². The number of nitrogens with zero attached hydrogens (tertiary/aromatic N) is 2. The standard InChI is InChI=1S/C11H20N4O/c1-15-10(7-9-13-15)14-11(16)6-4-2-3-5-8-12/h7,9H,2-6,8,12H2,1H3,(H,14,16). The van der Waals surface area contributed by atoms with Gasteiger partial charge in [0.05, 0.1) is 6.20 Å². The molecule has 0 radical (unpaired) electrons. The van der Waals surface area contributed by atoms with Gasteiger partial charge in [-0.2, -0.15) is 5.10 Å². The molecule has 5 heteroatoms. The quantitative estimate of drug-likeness (QED) is 0.685. The number of carbonyl (C=O) groups is 1. The fourth-order valence-corrected chi connectivity index (χ4v) is 1.49. The summed E-state index contributed by atoms with van der Waals surface area (Å²) < 4.78 is 1.65. The van der Waals surface area contributed by atoms with Crippen LogP contribution >= 0.6 is 0 Å². The number of hydrogen-bond donors (Lipinski definition) is 2. The molecule has 0 unspecified atom stereocenters. The second-order valence-corrected chi connectivity index (χ2v) is 3.84. The normalized spacial score (nSPS) is 10.4. The van der Waals surface area contributed by atoms with Crippen molar-refractivity contribution in [3.05, 3.63) is 12.3 Å². The van der Waals surface area contributed by atoms with Crippen LogP contribution in [-0.2, 0) is 11.8 Å². The van der Waals surface area contributed by atoms with E-state index in [9.17, 15) is 4.79 Å². The van der Waals surface area contributed by atoms with Crippen LogP contribution in [0.5, 0.6) is 0 Å². The molecule has 16 heavy (non-hydrogen) atoms. The molecule has 1 rings (SSSR count). The number of aromatic nitrogens is 2. The highest BCUT2D eigenvalue weighted by molar-refractivity contribution is 5.89. The number of hydrogen-bond acceptors (Lipinski definition) is 3. The number of rotatable bonds is 7. The van der Waals surface area contributed by atoms with Crippen LogP contribution in [-0.4, -0.2) is 22.2 Å². The number of amides is 1. The molecular formula is C11H20N4O. The summed E-state index contributed by atoms with van der Waals surface area (Å²) in [6.07, 6.45) is 6.37. The highest BCUT2D eigenvalue weighted by Crippen LogP contribution is 2.07. The molecule has 0 aliphatic rings. The Kier molecular flexibility index (Phi) is 5.56. The lowest BCUT2D eigenvalue weighted by molar-refractivity contribution is -0.116. The Morgan fingerprint density at radius 1 is 1.44 bits per heavy atom. The zero-order valence-corrected chi connectivity index (χ0v) is 9.78.